The standard InChI is InChI=1S/C18H14ClNO/c1-20-17(21)15-14(19)7-6-12-10-8-9-18(20,16(12)15)13-5-3-2-4-11(10)13/h2-10,14-15H,1H3. The first-order chi connectivity index (χ1) is 10.2. The highest BCUT2D eigenvalue weighted by atomic mass is 35.5. The van der Waals surface area contributed by atoms with Gasteiger partial charge in [-0.3, -0.25) is 4.79 Å². The van der Waals surface area contributed by atoms with Crippen molar-refractivity contribution in [2.75, 3.05) is 7.05 Å². The minimum atomic E-state index is -0.416. The van der Waals surface area contributed by atoms with Crippen molar-refractivity contribution in [3.8, 4) is 0 Å². The summed E-state index contributed by atoms with van der Waals surface area (Å²) in [7, 11) is 1.90. The Morgan fingerprint density at radius 2 is 2.05 bits per heavy atom. The van der Waals surface area contributed by atoms with E-state index in [0.717, 1.165) is 0 Å². The molecule has 1 spiro atoms. The Balaban J connectivity index is 1.92. The van der Waals surface area contributed by atoms with Gasteiger partial charge >= 0.3 is 0 Å². The molecule has 4 aliphatic carbocycles. The van der Waals surface area contributed by atoms with Gasteiger partial charge < -0.3 is 4.90 Å². The average Bonchev–Trinajstić information content (AvgIpc) is 2.75. The van der Waals surface area contributed by atoms with Crippen LogP contribution in [0.2, 0.25) is 0 Å². The summed E-state index contributed by atoms with van der Waals surface area (Å²) in [6.45, 7) is 0. The zero-order valence-electron chi connectivity index (χ0n) is 11.6. The number of allylic oxidation sites excluding steroid dienone is 4. The fourth-order valence-corrected chi connectivity index (χ4v) is 4.94. The van der Waals surface area contributed by atoms with Crippen molar-refractivity contribution in [3.05, 3.63) is 70.8 Å². The molecule has 1 aromatic rings. The van der Waals surface area contributed by atoms with Crippen molar-refractivity contribution in [3.63, 3.8) is 0 Å². The lowest BCUT2D eigenvalue weighted by molar-refractivity contribution is -0.131. The highest BCUT2D eigenvalue weighted by molar-refractivity contribution is 6.24. The largest absolute Gasteiger partial charge is 0.328 e. The van der Waals surface area contributed by atoms with E-state index in [2.05, 4.69) is 42.5 Å². The second kappa shape index (κ2) is 3.50. The third-order valence-electron chi connectivity index (χ3n) is 5.51. The number of nitrogens with zero attached hydrogens (tertiary/aromatic N) is 1. The molecule has 1 aromatic carbocycles. The minimum absolute atomic E-state index is 0.133. The number of rotatable bonds is 0. The van der Waals surface area contributed by atoms with Gasteiger partial charge in [0.2, 0.25) is 5.91 Å². The summed E-state index contributed by atoms with van der Waals surface area (Å²) in [4.78, 5) is 14.7. The van der Waals surface area contributed by atoms with E-state index >= 15 is 0 Å². The summed E-state index contributed by atoms with van der Waals surface area (Å²) in [5.74, 6) is 0.187. The van der Waals surface area contributed by atoms with Crippen LogP contribution in [-0.2, 0) is 10.3 Å². The molecule has 21 heavy (non-hydrogen) atoms. The van der Waals surface area contributed by atoms with Crippen LogP contribution in [0.3, 0.4) is 0 Å². The highest BCUT2D eigenvalue weighted by Gasteiger charge is 2.61. The van der Waals surface area contributed by atoms with Crippen molar-refractivity contribution in [1.29, 1.82) is 0 Å². The Labute approximate surface area is 128 Å². The lowest BCUT2D eigenvalue weighted by Crippen LogP contribution is -2.45. The molecule has 1 aliphatic heterocycles. The zero-order valence-corrected chi connectivity index (χ0v) is 12.3. The van der Waals surface area contributed by atoms with Crippen LogP contribution in [0.4, 0.5) is 0 Å². The number of hydrogen-bond acceptors (Lipinski definition) is 1. The number of likely N-dealkylation sites (N-methyl/N-ethyl adjacent to an activating group) is 1. The molecule has 0 radical (unpaired) electrons. The third kappa shape index (κ3) is 1.09. The van der Waals surface area contributed by atoms with Crippen LogP contribution in [0.5, 0.6) is 0 Å². The molecule has 104 valence electrons. The molecular weight excluding hydrogens is 282 g/mol. The highest BCUT2D eigenvalue weighted by Crippen LogP contribution is 2.61. The van der Waals surface area contributed by atoms with E-state index in [4.69, 9.17) is 11.6 Å². The van der Waals surface area contributed by atoms with E-state index in [1.165, 1.54) is 22.3 Å². The number of likely N-dealkylation sites (tertiary alicyclic amines) is 1. The van der Waals surface area contributed by atoms with E-state index in [-0.39, 0.29) is 23.1 Å². The van der Waals surface area contributed by atoms with E-state index in [1.54, 1.807) is 0 Å². The minimum Gasteiger partial charge on any atom is -0.328 e. The summed E-state index contributed by atoms with van der Waals surface area (Å²) < 4.78 is 0. The molecule has 5 aliphatic rings. The van der Waals surface area contributed by atoms with Gasteiger partial charge in [-0.2, -0.15) is 0 Å². The molecule has 2 nitrogen and oxygen atoms in total. The number of alkyl halides is 1. The van der Waals surface area contributed by atoms with Gasteiger partial charge in [-0.15, -0.1) is 11.6 Å². The second-order valence-corrected chi connectivity index (χ2v) is 6.74. The molecule has 4 atom stereocenters. The number of halogens is 1. The molecule has 0 N–H and O–H groups in total. The monoisotopic (exact) mass is 295 g/mol. The lowest BCUT2D eigenvalue weighted by atomic mass is 9.61. The Morgan fingerprint density at radius 3 is 2.90 bits per heavy atom. The molecule has 2 bridgehead atoms. The summed E-state index contributed by atoms with van der Waals surface area (Å²) in [6.07, 6.45) is 8.56. The maximum absolute atomic E-state index is 12.8. The topological polar surface area (TPSA) is 20.3 Å². The van der Waals surface area contributed by atoms with Gasteiger partial charge in [-0.05, 0) is 22.3 Å². The Morgan fingerprint density at radius 1 is 1.24 bits per heavy atom. The van der Waals surface area contributed by atoms with Crippen LogP contribution in [0, 0.1) is 5.92 Å². The van der Waals surface area contributed by atoms with Gasteiger partial charge in [0.05, 0.1) is 11.3 Å². The van der Waals surface area contributed by atoms with Crippen molar-refractivity contribution < 1.29 is 4.79 Å². The number of amides is 1. The molecule has 1 amide bonds. The molecule has 0 saturated carbocycles. The molecule has 1 heterocycles. The van der Waals surface area contributed by atoms with Gasteiger partial charge in [-0.25, -0.2) is 0 Å². The predicted octanol–water partition coefficient (Wildman–Crippen LogP) is 3.11. The van der Waals surface area contributed by atoms with Crippen LogP contribution in [0.15, 0.2) is 59.7 Å². The van der Waals surface area contributed by atoms with Gasteiger partial charge in [0.25, 0.3) is 0 Å². The van der Waals surface area contributed by atoms with Crippen molar-refractivity contribution in [2.24, 2.45) is 5.92 Å². The third-order valence-corrected chi connectivity index (χ3v) is 5.91. The fourth-order valence-electron chi connectivity index (χ4n) is 4.63. The first-order valence-electron chi connectivity index (χ1n) is 7.29. The van der Waals surface area contributed by atoms with Gasteiger partial charge in [-0.1, -0.05) is 48.6 Å². The fraction of sp³-hybridized carbons (Fsp3) is 0.278. The van der Waals surface area contributed by atoms with E-state index < -0.39 is 5.54 Å². The number of hydrogen-bond donors (Lipinski definition) is 0. The summed E-state index contributed by atoms with van der Waals surface area (Å²) in [5.41, 5.74) is 4.63. The first-order valence-corrected chi connectivity index (χ1v) is 7.73. The molecule has 3 heteroatoms. The SMILES string of the molecule is CN1C(=O)C2C3=C(C=CC2Cl)C2C=CC31c1ccccc12. The number of carbonyl (C=O) groups excluding carboxylic acids is 1. The summed E-state index contributed by atoms with van der Waals surface area (Å²) in [5, 5.41) is -0.238. The van der Waals surface area contributed by atoms with Crippen molar-refractivity contribution in [2.45, 2.75) is 16.8 Å². The first kappa shape index (κ1) is 11.8. The van der Waals surface area contributed by atoms with Crippen LogP contribution >= 0.6 is 11.6 Å². The second-order valence-electron chi connectivity index (χ2n) is 6.24. The van der Waals surface area contributed by atoms with Crippen molar-refractivity contribution in [1.82, 2.24) is 4.90 Å². The Kier molecular flexibility index (Phi) is 1.97. The molecule has 6 rings (SSSR count). The van der Waals surface area contributed by atoms with Crippen molar-refractivity contribution >= 4 is 17.5 Å². The quantitative estimate of drug-likeness (QED) is 0.532. The predicted molar refractivity (Wildman–Crippen MR) is 82.1 cm³/mol. The lowest BCUT2D eigenvalue weighted by Gasteiger charge is -2.47. The normalized spacial score (nSPS) is 38.1. The van der Waals surface area contributed by atoms with E-state index in [9.17, 15) is 4.79 Å². The van der Waals surface area contributed by atoms with Gasteiger partial charge in [0.15, 0.2) is 0 Å². The van der Waals surface area contributed by atoms with Gasteiger partial charge in [0, 0.05) is 13.0 Å². The molecule has 4 unspecified atom stereocenters. The Bertz CT molecular complexity index is 790. The summed E-state index contributed by atoms with van der Waals surface area (Å²) >= 11 is 6.46. The van der Waals surface area contributed by atoms with Crippen LogP contribution < -0.4 is 0 Å². The van der Waals surface area contributed by atoms with E-state index in [0.29, 0.717) is 0 Å². The van der Waals surface area contributed by atoms with Gasteiger partial charge in [0.1, 0.15) is 5.54 Å². The molecule has 1 fully saturated rings. The van der Waals surface area contributed by atoms with Crippen LogP contribution in [0.25, 0.3) is 0 Å². The van der Waals surface area contributed by atoms with Crippen LogP contribution in [-0.4, -0.2) is 23.2 Å². The smallest absolute Gasteiger partial charge is 0.232 e. The average molecular weight is 296 g/mol. The Hall–Kier alpha value is -1.80. The van der Waals surface area contributed by atoms with Crippen LogP contribution in [0.1, 0.15) is 17.0 Å². The summed E-state index contributed by atoms with van der Waals surface area (Å²) in [6, 6.07) is 8.48. The van der Waals surface area contributed by atoms with E-state index in [1.807, 2.05) is 18.0 Å². The molecule has 1 saturated heterocycles. The maximum atomic E-state index is 12.8. The number of benzene rings is 1. The zero-order chi connectivity index (χ0) is 14.4. The maximum Gasteiger partial charge on any atom is 0.232 e. The number of carbonyl (C=O) groups is 1. The molecule has 0 aromatic heterocycles. The molecular formula is C18H14ClNO.